The van der Waals surface area contributed by atoms with Crippen LogP contribution in [0, 0.1) is 13.8 Å². The molecule has 0 N–H and O–H groups in total. The Hall–Kier alpha value is -2.75. The average molecular weight is 336 g/mol. The summed E-state index contributed by atoms with van der Waals surface area (Å²) >= 11 is 0. The topological polar surface area (TPSA) is 34.5 Å². The third-order valence-electron chi connectivity index (χ3n) is 4.54. The number of hydrogen-bond donors (Lipinski definition) is 0. The molecule has 0 saturated carbocycles. The standard InChI is InChI=1S/C21H24N2O2/c1-5-22(18-8-6-7-15(2)11-18)21(24)14-23-16(3)12-17-9-10-19(25-4)13-20(17)23/h6-13H,5,14H2,1-4H3. The van der Waals surface area contributed by atoms with Gasteiger partial charge >= 0.3 is 0 Å². The van der Waals surface area contributed by atoms with Crippen LogP contribution in [-0.4, -0.2) is 24.1 Å². The van der Waals surface area contributed by atoms with Gasteiger partial charge in [-0.25, -0.2) is 0 Å². The molecule has 0 saturated heterocycles. The third-order valence-corrected chi connectivity index (χ3v) is 4.54. The predicted octanol–water partition coefficient (Wildman–Crippen LogP) is 4.32. The normalized spacial score (nSPS) is 10.9. The summed E-state index contributed by atoms with van der Waals surface area (Å²) in [6.45, 7) is 7.03. The summed E-state index contributed by atoms with van der Waals surface area (Å²) in [5, 5.41) is 1.12. The average Bonchev–Trinajstić information content (AvgIpc) is 2.90. The van der Waals surface area contributed by atoms with Gasteiger partial charge in [0, 0.05) is 29.4 Å². The van der Waals surface area contributed by atoms with Gasteiger partial charge in [-0.3, -0.25) is 4.79 Å². The minimum Gasteiger partial charge on any atom is -0.497 e. The molecule has 0 aliphatic rings. The number of benzene rings is 2. The number of carbonyl (C=O) groups is 1. The van der Waals surface area contributed by atoms with Crippen LogP contribution in [0.2, 0.25) is 0 Å². The second-order valence-corrected chi connectivity index (χ2v) is 6.27. The lowest BCUT2D eigenvalue weighted by Gasteiger charge is -2.22. The van der Waals surface area contributed by atoms with E-state index in [4.69, 9.17) is 4.74 Å². The molecule has 0 fully saturated rings. The summed E-state index contributed by atoms with van der Waals surface area (Å²) in [7, 11) is 1.66. The van der Waals surface area contributed by atoms with E-state index >= 15 is 0 Å². The van der Waals surface area contributed by atoms with Crippen molar-refractivity contribution in [2.24, 2.45) is 0 Å². The Labute approximate surface area is 148 Å². The molecule has 3 rings (SSSR count). The number of fused-ring (bicyclic) bond motifs is 1. The largest absolute Gasteiger partial charge is 0.497 e. The van der Waals surface area contributed by atoms with Gasteiger partial charge in [0.25, 0.3) is 0 Å². The van der Waals surface area contributed by atoms with Crippen LogP contribution in [0.4, 0.5) is 5.69 Å². The summed E-state index contributed by atoms with van der Waals surface area (Å²) in [4.78, 5) is 14.8. The molecule has 1 aromatic heterocycles. The second-order valence-electron chi connectivity index (χ2n) is 6.27. The van der Waals surface area contributed by atoms with Crippen LogP contribution in [0.1, 0.15) is 18.2 Å². The molecule has 0 spiro atoms. The van der Waals surface area contributed by atoms with E-state index in [1.54, 1.807) is 7.11 Å². The van der Waals surface area contributed by atoms with Crippen LogP contribution < -0.4 is 9.64 Å². The van der Waals surface area contributed by atoms with Gasteiger partial charge in [0.2, 0.25) is 5.91 Å². The summed E-state index contributed by atoms with van der Waals surface area (Å²) in [6, 6.07) is 16.1. The highest BCUT2D eigenvalue weighted by molar-refractivity contribution is 5.94. The second kappa shape index (κ2) is 7.01. The Kier molecular flexibility index (Phi) is 4.79. The number of methoxy groups -OCH3 is 1. The van der Waals surface area contributed by atoms with Gasteiger partial charge in [0.05, 0.1) is 12.6 Å². The van der Waals surface area contributed by atoms with Gasteiger partial charge in [-0.1, -0.05) is 12.1 Å². The van der Waals surface area contributed by atoms with Crippen LogP contribution in [0.3, 0.4) is 0 Å². The van der Waals surface area contributed by atoms with Gasteiger partial charge < -0.3 is 14.2 Å². The Morgan fingerprint density at radius 1 is 1.12 bits per heavy atom. The maximum Gasteiger partial charge on any atom is 0.246 e. The first-order valence-corrected chi connectivity index (χ1v) is 8.54. The fraction of sp³-hybridized carbons (Fsp3) is 0.286. The predicted molar refractivity (Wildman–Crippen MR) is 102 cm³/mol. The van der Waals surface area contributed by atoms with Crippen molar-refractivity contribution >= 4 is 22.5 Å². The van der Waals surface area contributed by atoms with Gasteiger partial charge in [-0.05, 0) is 56.7 Å². The number of carbonyl (C=O) groups excluding carboxylic acids is 1. The lowest BCUT2D eigenvalue weighted by atomic mass is 10.2. The summed E-state index contributed by atoms with van der Waals surface area (Å²) in [5.41, 5.74) is 4.18. The van der Waals surface area contributed by atoms with E-state index in [1.807, 2.05) is 68.1 Å². The van der Waals surface area contributed by atoms with Gasteiger partial charge in [-0.15, -0.1) is 0 Å². The van der Waals surface area contributed by atoms with Crippen molar-refractivity contribution in [2.45, 2.75) is 27.3 Å². The zero-order valence-corrected chi connectivity index (χ0v) is 15.2. The van der Waals surface area contributed by atoms with E-state index in [0.717, 1.165) is 33.6 Å². The Morgan fingerprint density at radius 3 is 2.60 bits per heavy atom. The van der Waals surface area contributed by atoms with Crippen LogP contribution >= 0.6 is 0 Å². The number of anilines is 1. The maximum atomic E-state index is 13.0. The molecular weight excluding hydrogens is 312 g/mol. The molecule has 0 bridgehead atoms. The first-order chi connectivity index (χ1) is 12.0. The molecule has 0 radical (unpaired) electrons. The molecule has 0 aliphatic heterocycles. The van der Waals surface area contributed by atoms with Crippen molar-refractivity contribution in [3.63, 3.8) is 0 Å². The zero-order valence-electron chi connectivity index (χ0n) is 15.2. The van der Waals surface area contributed by atoms with Crippen LogP contribution in [0.25, 0.3) is 10.9 Å². The van der Waals surface area contributed by atoms with Crippen molar-refractivity contribution in [1.82, 2.24) is 4.57 Å². The zero-order chi connectivity index (χ0) is 18.0. The molecule has 1 amide bonds. The minimum atomic E-state index is 0.0801. The Morgan fingerprint density at radius 2 is 1.92 bits per heavy atom. The molecule has 2 aromatic carbocycles. The van der Waals surface area contributed by atoms with E-state index in [2.05, 4.69) is 10.6 Å². The van der Waals surface area contributed by atoms with Gasteiger partial charge in [-0.2, -0.15) is 0 Å². The smallest absolute Gasteiger partial charge is 0.246 e. The molecule has 0 aliphatic carbocycles. The number of rotatable bonds is 5. The number of aromatic nitrogens is 1. The van der Waals surface area contributed by atoms with Crippen molar-refractivity contribution in [1.29, 1.82) is 0 Å². The quantitative estimate of drug-likeness (QED) is 0.695. The minimum absolute atomic E-state index is 0.0801. The van der Waals surface area contributed by atoms with E-state index < -0.39 is 0 Å². The fourth-order valence-electron chi connectivity index (χ4n) is 3.23. The van der Waals surface area contributed by atoms with Crippen molar-refractivity contribution in [3.8, 4) is 5.75 Å². The highest BCUT2D eigenvalue weighted by Crippen LogP contribution is 2.25. The monoisotopic (exact) mass is 336 g/mol. The van der Waals surface area contributed by atoms with E-state index in [9.17, 15) is 4.79 Å². The van der Waals surface area contributed by atoms with Crippen LogP contribution in [-0.2, 0) is 11.3 Å². The van der Waals surface area contributed by atoms with Crippen molar-refractivity contribution in [2.75, 3.05) is 18.6 Å². The number of likely N-dealkylation sites (N-methyl/N-ethyl adjacent to an activating group) is 1. The highest BCUT2D eigenvalue weighted by atomic mass is 16.5. The molecule has 4 heteroatoms. The van der Waals surface area contributed by atoms with E-state index in [-0.39, 0.29) is 5.91 Å². The molecule has 0 atom stereocenters. The molecule has 0 unspecified atom stereocenters. The number of nitrogens with zero attached hydrogens (tertiary/aromatic N) is 2. The maximum absolute atomic E-state index is 13.0. The number of aryl methyl sites for hydroxylation is 2. The fourth-order valence-corrected chi connectivity index (χ4v) is 3.23. The lowest BCUT2D eigenvalue weighted by molar-refractivity contribution is -0.119. The van der Waals surface area contributed by atoms with Gasteiger partial charge in [0.1, 0.15) is 12.3 Å². The molecular formula is C21H24N2O2. The van der Waals surface area contributed by atoms with Gasteiger partial charge in [0.15, 0.2) is 0 Å². The molecule has 1 heterocycles. The van der Waals surface area contributed by atoms with Crippen molar-refractivity contribution in [3.05, 3.63) is 59.8 Å². The molecule has 4 nitrogen and oxygen atoms in total. The number of ether oxygens (including phenoxy) is 1. The first kappa shape index (κ1) is 17.1. The van der Waals surface area contributed by atoms with Crippen LogP contribution in [0.5, 0.6) is 5.75 Å². The molecule has 130 valence electrons. The number of hydrogen-bond acceptors (Lipinski definition) is 2. The third kappa shape index (κ3) is 3.38. The van der Waals surface area contributed by atoms with E-state index in [0.29, 0.717) is 13.1 Å². The highest BCUT2D eigenvalue weighted by Gasteiger charge is 2.17. The van der Waals surface area contributed by atoms with Crippen LogP contribution in [0.15, 0.2) is 48.5 Å². The molecule has 3 aromatic rings. The summed E-state index contributed by atoms with van der Waals surface area (Å²) in [6.07, 6.45) is 0. The summed E-state index contributed by atoms with van der Waals surface area (Å²) in [5.74, 6) is 0.877. The molecule has 25 heavy (non-hydrogen) atoms. The Balaban J connectivity index is 1.94. The van der Waals surface area contributed by atoms with E-state index in [1.165, 1.54) is 0 Å². The van der Waals surface area contributed by atoms with Crippen molar-refractivity contribution < 1.29 is 9.53 Å². The SMILES string of the molecule is CCN(C(=O)Cn1c(C)cc2ccc(OC)cc21)c1cccc(C)c1. The summed E-state index contributed by atoms with van der Waals surface area (Å²) < 4.78 is 7.39. The Bertz CT molecular complexity index is 911. The number of amides is 1. The first-order valence-electron chi connectivity index (χ1n) is 8.54. The lowest BCUT2D eigenvalue weighted by Crippen LogP contribution is -2.33.